The van der Waals surface area contributed by atoms with E-state index in [0.29, 0.717) is 5.56 Å². The van der Waals surface area contributed by atoms with Crippen LogP contribution in [0.3, 0.4) is 0 Å². The average Bonchev–Trinajstić information content (AvgIpc) is 2.86. The molecule has 1 unspecified atom stereocenters. The van der Waals surface area contributed by atoms with Crippen molar-refractivity contribution >= 4 is 32.8 Å². The molecule has 0 aliphatic rings. The average molecular weight is 464 g/mol. The molecule has 2 rings (SSSR count). The zero-order valence-electron chi connectivity index (χ0n) is 16.9. The first-order valence-corrected chi connectivity index (χ1v) is 10.9. The maximum Gasteiger partial charge on any atom is 0.481 e. The van der Waals surface area contributed by atoms with Crippen LogP contribution in [0.15, 0.2) is 11.7 Å². The summed E-state index contributed by atoms with van der Waals surface area (Å²) in [5.41, 5.74) is 8.88. The molecule has 0 aromatic carbocycles. The van der Waals surface area contributed by atoms with Crippen molar-refractivity contribution in [2.24, 2.45) is 0 Å². The minimum Gasteiger partial charge on any atom is -1.00 e. The van der Waals surface area contributed by atoms with E-state index in [0.717, 1.165) is 10.6 Å². The molecule has 0 spiro atoms. The number of nitrogens with two attached hydrogens (primary N) is 1. The normalized spacial score (nSPS) is 15.9. The van der Waals surface area contributed by atoms with Crippen molar-refractivity contribution in [2.75, 3.05) is 12.3 Å². The topological polar surface area (TPSA) is 169 Å². The Kier molecular flexibility index (Phi) is 6.82. The van der Waals surface area contributed by atoms with Crippen LogP contribution < -0.4 is 22.7 Å². The number of aromatic nitrogens is 3. The molecule has 27 heavy (non-hydrogen) atoms. The number of hydrogen-bond acceptors (Lipinski definition) is 8. The lowest BCUT2D eigenvalue weighted by Crippen LogP contribution is -3.00. The summed E-state index contributed by atoms with van der Waals surface area (Å²) in [5, 5.41) is 0. The molecule has 0 radical (unpaired) electrons. The molecule has 0 saturated heterocycles. The Bertz CT molecular complexity index is 987. The number of anilines is 1. The zero-order chi connectivity index (χ0) is 22.0. The SMILES string of the molecule is [2H]C([2H])([2H])c1ncc(C[n+]2csc(CCOP(=O)(O)OP(=O)(O)O)c2C)c(N)n1.[Cl-]. The van der Waals surface area contributed by atoms with E-state index >= 15 is 0 Å². The molecule has 1 atom stereocenters. The molecular formula is C12H19ClN4O7P2S. The number of thiazole rings is 1. The summed E-state index contributed by atoms with van der Waals surface area (Å²) in [6.45, 7) is -0.713. The first-order chi connectivity index (χ1) is 13.2. The predicted octanol–water partition coefficient (Wildman–Crippen LogP) is -2.15. The van der Waals surface area contributed by atoms with Crippen LogP contribution in [0.1, 0.15) is 26.1 Å². The molecule has 0 aliphatic heterocycles. The van der Waals surface area contributed by atoms with Crippen molar-refractivity contribution in [1.82, 2.24) is 9.97 Å². The van der Waals surface area contributed by atoms with Crippen molar-refractivity contribution in [3.8, 4) is 0 Å². The largest absolute Gasteiger partial charge is 1.00 e. The summed E-state index contributed by atoms with van der Waals surface area (Å²) in [5.74, 6) is -0.292. The second kappa shape index (κ2) is 9.51. The Morgan fingerprint density at radius 2 is 2.11 bits per heavy atom. The summed E-state index contributed by atoms with van der Waals surface area (Å²) >= 11 is 1.32. The van der Waals surface area contributed by atoms with Gasteiger partial charge in [0.25, 0.3) is 0 Å². The van der Waals surface area contributed by atoms with Crippen molar-refractivity contribution in [1.29, 1.82) is 0 Å². The van der Waals surface area contributed by atoms with Gasteiger partial charge in [0.05, 0.1) is 17.0 Å². The lowest BCUT2D eigenvalue weighted by Gasteiger charge is -2.11. The molecule has 5 N–H and O–H groups in total. The Labute approximate surface area is 169 Å². The molecule has 152 valence electrons. The van der Waals surface area contributed by atoms with E-state index < -0.39 is 22.5 Å². The number of phosphoric ester groups is 1. The van der Waals surface area contributed by atoms with Crippen molar-refractivity contribution in [2.45, 2.75) is 26.7 Å². The third-order valence-corrected chi connectivity index (χ3v) is 6.52. The molecule has 0 aliphatic carbocycles. The molecule has 0 fully saturated rings. The number of nitrogens with zero attached hydrogens (tertiary/aromatic N) is 3. The highest BCUT2D eigenvalue weighted by atomic mass is 35.5. The second-order valence-electron chi connectivity index (χ2n) is 5.09. The minimum atomic E-state index is -5.16. The fourth-order valence-corrected chi connectivity index (χ4v) is 4.55. The summed E-state index contributed by atoms with van der Waals surface area (Å²) in [6.07, 6.45) is 1.53. The van der Waals surface area contributed by atoms with Gasteiger partial charge in [-0.25, -0.2) is 19.1 Å². The second-order valence-corrected chi connectivity index (χ2v) is 8.86. The zero-order valence-corrected chi connectivity index (χ0v) is 17.2. The smallest absolute Gasteiger partial charge is 0.481 e. The standard InChI is InChI=1S/C12H18N4O7P2S.ClH/c1-8-11(3-4-22-25(20,21)23-24(17,18)19)26-7-16(8)6-10-5-14-9(2)15-12(10)13;/h5,7H,3-4,6H2,1-2H3,(H4-,13,14,15,17,18,19,20,21);1H/i2D3;. The van der Waals surface area contributed by atoms with Crippen molar-refractivity contribution in [3.05, 3.63) is 33.7 Å². The highest BCUT2D eigenvalue weighted by Gasteiger charge is 2.32. The molecule has 2 heterocycles. The molecule has 0 bridgehead atoms. The fourth-order valence-electron chi connectivity index (χ4n) is 1.98. The van der Waals surface area contributed by atoms with Gasteiger partial charge >= 0.3 is 15.6 Å². The van der Waals surface area contributed by atoms with Gasteiger partial charge in [-0.15, -0.1) is 0 Å². The lowest BCUT2D eigenvalue weighted by molar-refractivity contribution is -0.689. The maximum atomic E-state index is 11.4. The number of hydrogen-bond donors (Lipinski definition) is 4. The van der Waals surface area contributed by atoms with Gasteiger partial charge in [0.2, 0.25) is 5.51 Å². The van der Waals surface area contributed by atoms with E-state index in [9.17, 15) is 14.0 Å². The third kappa shape index (κ3) is 7.53. The fraction of sp³-hybridized carbons (Fsp3) is 0.417. The van der Waals surface area contributed by atoms with Crippen LogP contribution in [0.2, 0.25) is 0 Å². The number of aryl methyl sites for hydroxylation is 1. The lowest BCUT2D eigenvalue weighted by atomic mass is 10.2. The van der Waals surface area contributed by atoms with E-state index in [-0.39, 0.29) is 43.6 Å². The quantitative estimate of drug-likeness (QED) is 0.250. The van der Waals surface area contributed by atoms with Gasteiger partial charge < -0.3 is 32.8 Å². The van der Waals surface area contributed by atoms with Crippen LogP contribution in [-0.2, 0) is 30.9 Å². The molecule has 11 nitrogen and oxygen atoms in total. The Balaban J connectivity index is 0.00000450. The van der Waals surface area contributed by atoms with Crippen LogP contribution in [0.5, 0.6) is 0 Å². The highest BCUT2D eigenvalue weighted by Crippen LogP contribution is 2.57. The summed E-state index contributed by atoms with van der Waals surface area (Å²) < 4.78 is 54.0. The van der Waals surface area contributed by atoms with Gasteiger partial charge in [0.15, 0.2) is 12.2 Å². The molecule has 2 aromatic heterocycles. The predicted molar refractivity (Wildman–Crippen MR) is 92.1 cm³/mol. The van der Waals surface area contributed by atoms with Crippen LogP contribution in [0.4, 0.5) is 5.82 Å². The molecule has 15 heteroatoms. The number of halogens is 1. The van der Waals surface area contributed by atoms with Gasteiger partial charge in [-0.1, -0.05) is 11.3 Å². The van der Waals surface area contributed by atoms with Gasteiger partial charge in [0, 0.05) is 23.7 Å². The summed E-state index contributed by atoms with van der Waals surface area (Å²) in [7, 11) is -10.0. The van der Waals surface area contributed by atoms with Crippen LogP contribution in [0.25, 0.3) is 0 Å². The number of nitrogen functional groups attached to an aromatic ring is 1. The summed E-state index contributed by atoms with van der Waals surface area (Å²) in [6, 6.07) is 0. The van der Waals surface area contributed by atoms with Crippen LogP contribution in [-0.4, -0.2) is 31.3 Å². The maximum absolute atomic E-state index is 11.4. The van der Waals surface area contributed by atoms with Gasteiger partial charge in [-0.3, -0.25) is 4.52 Å². The van der Waals surface area contributed by atoms with E-state index in [4.69, 9.17) is 19.6 Å². The van der Waals surface area contributed by atoms with Gasteiger partial charge in [-0.05, 0) is 6.85 Å². The van der Waals surface area contributed by atoms with Crippen LogP contribution >= 0.6 is 27.0 Å². The van der Waals surface area contributed by atoms with Gasteiger partial charge in [0.1, 0.15) is 11.6 Å². The number of rotatable bonds is 8. The van der Waals surface area contributed by atoms with Gasteiger partial charge in [-0.2, -0.15) is 8.88 Å². The summed E-state index contributed by atoms with van der Waals surface area (Å²) in [4.78, 5) is 34.8. The molecular weight excluding hydrogens is 442 g/mol. The van der Waals surface area contributed by atoms with E-state index in [1.165, 1.54) is 17.5 Å². The van der Waals surface area contributed by atoms with Crippen LogP contribution in [0, 0.1) is 13.8 Å². The number of phosphoric acid groups is 2. The van der Waals surface area contributed by atoms with E-state index in [1.807, 2.05) is 0 Å². The van der Waals surface area contributed by atoms with Crippen molar-refractivity contribution in [3.63, 3.8) is 0 Å². The Morgan fingerprint density at radius 3 is 2.70 bits per heavy atom. The highest BCUT2D eigenvalue weighted by molar-refractivity contribution is 7.60. The first kappa shape index (κ1) is 19.4. The Morgan fingerprint density at radius 1 is 1.41 bits per heavy atom. The van der Waals surface area contributed by atoms with E-state index in [2.05, 4.69) is 18.8 Å². The minimum absolute atomic E-state index is 0. The third-order valence-electron chi connectivity index (χ3n) is 3.19. The Hall–Kier alpha value is -0.940. The molecule has 0 amide bonds. The first-order valence-electron chi connectivity index (χ1n) is 8.50. The van der Waals surface area contributed by atoms with E-state index in [1.54, 1.807) is 17.0 Å². The monoisotopic (exact) mass is 463 g/mol. The molecule has 2 aromatic rings. The van der Waals surface area contributed by atoms with Crippen molar-refractivity contribution < 1.29 is 53.7 Å². The molecule has 0 saturated carbocycles.